The summed E-state index contributed by atoms with van der Waals surface area (Å²) < 4.78 is 24.0. The van der Waals surface area contributed by atoms with E-state index in [-0.39, 0.29) is 29.5 Å². The summed E-state index contributed by atoms with van der Waals surface area (Å²) >= 11 is 6.75. The first-order chi connectivity index (χ1) is 10.9. The van der Waals surface area contributed by atoms with Crippen LogP contribution in [0, 0.1) is 0 Å². The fraction of sp³-hybridized carbons (Fsp3) is 0.733. The summed E-state index contributed by atoms with van der Waals surface area (Å²) in [4.78, 5) is 17.1. The van der Waals surface area contributed by atoms with Crippen molar-refractivity contribution in [3.05, 3.63) is 11.1 Å². The Hall–Kier alpha value is -0.600. The molecule has 3 fully saturated rings. The number of amides is 1. The van der Waals surface area contributed by atoms with Crippen molar-refractivity contribution in [1.29, 1.82) is 0 Å². The summed E-state index contributed by atoms with van der Waals surface area (Å²) in [6, 6.07) is 0.218. The van der Waals surface area contributed by atoms with Crippen molar-refractivity contribution in [3.63, 3.8) is 0 Å². The first-order valence-electron chi connectivity index (χ1n) is 8.14. The molecule has 1 aliphatic carbocycles. The number of rotatable bonds is 4. The Morgan fingerprint density at radius 2 is 2.04 bits per heavy atom. The lowest BCUT2D eigenvalue weighted by atomic mass is 10.2. The van der Waals surface area contributed by atoms with Crippen LogP contribution < -0.4 is 0 Å². The molecule has 0 bridgehead atoms. The van der Waals surface area contributed by atoms with Gasteiger partial charge in [-0.3, -0.25) is 9.69 Å². The molecule has 23 heavy (non-hydrogen) atoms. The third kappa shape index (κ3) is 3.58. The topological polar surface area (TPSA) is 57.7 Å². The third-order valence-corrected chi connectivity index (χ3v) is 7.91. The van der Waals surface area contributed by atoms with Crippen LogP contribution in [0.4, 0.5) is 0 Å². The molecular weight excluding hydrogens is 352 g/mol. The molecule has 0 aromatic carbocycles. The van der Waals surface area contributed by atoms with Gasteiger partial charge in [-0.25, -0.2) is 8.42 Å². The Morgan fingerprint density at radius 1 is 1.35 bits per heavy atom. The zero-order valence-electron chi connectivity index (χ0n) is 13.2. The summed E-state index contributed by atoms with van der Waals surface area (Å²) in [5.41, 5.74) is 0. The highest BCUT2D eigenvalue weighted by molar-refractivity contribution is 8.26. The molecule has 2 saturated heterocycles. The van der Waals surface area contributed by atoms with E-state index in [1.165, 1.54) is 11.8 Å². The molecule has 5 nitrogen and oxygen atoms in total. The molecule has 3 rings (SSSR count). The van der Waals surface area contributed by atoms with Crippen molar-refractivity contribution in [3.8, 4) is 0 Å². The largest absolute Gasteiger partial charge is 0.373 e. The molecule has 0 unspecified atom stereocenters. The van der Waals surface area contributed by atoms with Crippen molar-refractivity contribution in [2.45, 2.75) is 51.1 Å². The molecule has 0 radical (unpaired) electrons. The first kappa shape index (κ1) is 17.2. The summed E-state index contributed by atoms with van der Waals surface area (Å²) in [6.07, 6.45) is 6.83. The summed E-state index contributed by atoms with van der Waals surface area (Å²) in [6.45, 7) is 2.67. The highest BCUT2D eigenvalue weighted by Crippen LogP contribution is 2.37. The zero-order valence-corrected chi connectivity index (χ0v) is 15.7. The number of nitrogens with zero attached hydrogens (tertiary/aromatic N) is 2. The van der Waals surface area contributed by atoms with Crippen molar-refractivity contribution in [2.75, 3.05) is 18.1 Å². The number of carbonyl (C=O) groups excluding carboxylic acids is 1. The number of thiocarbonyl (C=S) groups is 1. The van der Waals surface area contributed by atoms with Gasteiger partial charge in [0, 0.05) is 24.8 Å². The third-order valence-electron chi connectivity index (χ3n) is 4.84. The second kappa shape index (κ2) is 6.72. The minimum absolute atomic E-state index is 0.00814. The number of thioether (sulfide) groups is 1. The van der Waals surface area contributed by atoms with E-state index < -0.39 is 9.84 Å². The van der Waals surface area contributed by atoms with Crippen molar-refractivity contribution in [2.24, 2.45) is 0 Å². The number of sulfone groups is 1. The summed E-state index contributed by atoms with van der Waals surface area (Å²) in [7, 11) is -2.93. The van der Waals surface area contributed by atoms with Gasteiger partial charge in [0.15, 0.2) is 9.84 Å². The van der Waals surface area contributed by atoms with Crippen molar-refractivity contribution in [1.82, 2.24) is 9.80 Å². The van der Waals surface area contributed by atoms with Gasteiger partial charge in [0.1, 0.15) is 4.32 Å². The van der Waals surface area contributed by atoms with Crippen molar-refractivity contribution >= 4 is 44.0 Å². The minimum Gasteiger partial charge on any atom is -0.373 e. The van der Waals surface area contributed by atoms with Gasteiger partial charge in [-0.05, 0) is 26.2 Å². The number of hydrogen-bond donors (Lipinski definition) is 0. The zero-order chi connectivity index (χ0) is 16.6. The number of hydrogen-bond acceptors (Lipinski definition) is 6. The second-order valence-corrected chi connectivity index (χ2v) is 10.3. The van der Waals surface area contributed by atoms with Gasteiger partial charge in [-0.15, -0.1) is 0 Å². The lowest BCUT2D eigenvalue weighted by Gasteiger charge is -2.25. The van der Waals surface area contributed by atoms with Gasteiger partial charge in [0.05, 0.1) is 16.4 Å². The maximum absolute atomic E-state index is 12.7. The Morgan fingerprint density at radius 3 is 2.61 bits per heavy atom. The Labute approximate surface area is 147 Å². The van der Waals surface area contributed by atoms with Gasteiger partial charge in [0.25, 0.3) is 5.91 Å². The molecule has 1 saturated carbocycles. The standard InChI is InChI=1S/C15H22N2O3S3/c1-2-16(12-7-8-23(19,20)10-12)9-13-14(18)17(15(21)22-13)11-5-3-4-6-11/h9,11-12H,2-8,10H2,1H3/b13-9+/t12-/m1/s1. The van der Waals surface area contributed by atoms with Crippen LogP contribution in [0.5, 0.6) is 0 Å². The molecule has 8 heteroatoms. The molecule has 3 aliphatic rings. The SMILES string of the molecule is CCN(/C=C1/SC(=S)N(C2CCCC2)C1=O)[C@@H]1CCS(=O)(=O)C1. The minimum atomic E-state index is -2.93. The van der Waals surface area contributed by atoms with Crippen LogP contribution in [-0.2, 0) is 14.6 Å². The predicted octanol–water partition coefficient (Wildman–Crippen LogP) is 2.14. The van der Waals surface area contributed by atoms with Gasteiger partial charge < -0.3 is 4.90 Å². The van der Waals surface area contributed by atoms with Crippen LogP contribution in [0.3, 0.4) is 0 Å². The van der Waals surface area contributed by atoms with E-state index in [4.69, 9.17) is 12.2 Å². The first-order valence-corrected chi connectivity index (χ1v) is 11.2. The maximum Gasteiger partial charge on any atom is 0.267 e. The molecule has 0 aromatic heterocycles. The summed E-state index contributed by atoms with van der Waals surface area (Å²) in [5.74, 6) is 0.414. The monoisotopic (exact) mass is 374 g/mol. The average molecular weight is 375 g/mol. The molecule has 0 spiro atoms. The summed E-state index contributed by atoms with van der Waals surface area (Å²) in [5, 5.41) is 0. The predicted molar refractivity (Wildman–Crippen MR) is 96.8 cm³/mol. The fourth-order valence-corrected chi connectivity index (χ4v) is 6.73. The second-order valence-electron chi connectivity index (χ2n) is 6.36. The van der Waals surface area contributed by atoms with E-state index in [0.717, 1.165) is 25.7 Å². The lowest BCUT2D eigenvalue weighted by Crippen LogP contribution is -2.37. The molecular formula is C15H22N2O3S3. The highest BCUT2D eigenvalue weighted by Gasteiger charge is 2.39. The molecule has 0 aromatic rings. The van der Waals surface area contributed by atoms with E-state index in [1.54, 1.807) is 4.90 Å². The van der Waals surface area contributed by atoms with Gasteiger partial charge >= 0.3 is 0 Å². The van der Waals surface area contributed by atoms with E-state index in [9.17, 15) is 13.2 Å². The molecule has 0 N–H and O–H groups in total. The lowest BCUT2D eigenvalue weighted by molar-refractivity contribution is -0.123. The van der Waals surface area contributed by atoms with Crippen LogP contribution in [0.2, 0.25) is 0 Å². The van der Waals surface area contributed by atoms with Crippen LogP contribution in [0.25, 0.3) is 0 Å². The molecule has 2 aliphatic heterocycles. The van der Waals surface area contributed by atoms with Gasteiger partial charge in [0.2, 0.25) is 0 Å². The number of carbonyl (C=O) groups is 1. The maximum atomic E-state index is 12.7. The Kier molecular flexibility index (Phi) is 5.04. The van der Waals surface area contributed by atoms with Crippen LogP contribution in [-0.4, -0.2) is 58.6 Å². The van der Waals surface area contributed by atoms with Gasteiger partial charge in [-0.1, -0.05) is 36.8 Å². The van der Waals surface area contributed by atoms with E-state index in [2.05, 4.69) is 0 Å². The van der Waals surface area contributed by atoms with E-state index in [0.29, 0.717) is 22.2 Å². The van der Waals surface area contributed by atoms with Crippen LogP contribution in [0.1, 0.15) is 39.0 Å². The van der Waals surface area contributed by atoms with Crippen molar-refractivity contribution < 1.29 is 13.2 Å². The normalized spacial score (nSPS) is 29.9. The molecule has 128 valence electrons. The Bertz CT molecular complexity index is 638. The van der Waals surface area contributed by atoms with Crippen LogP contribution in [0.15, 0.2) is 11.1 Å². The molecule has 1 amide bonds. The molecule has 2 heterocycles. The Balaban J connectivity index is 1.76. The fourth-order valence-electron chi connectivity index (χ4n) is 3.59. The average Bonchev–Trinajstić information content (AvgIpc) is 3.18. The van der Waals surface area contributed by atoms with Crippen LogP contribution >= 0.6 is 24.0 Å². The van der Waals surface area contributed by atoms with E-state index >= 15 is 0 Å². The van der Waals surface area contributed by atoms with Gasteiger partial charge in [-0.2, -0.15) is 0 Å². The van der Waals surface area contributed by atoms with E-state index in [1.807, 2.05) is 18.0 Å². The smallest absolute Gasteiger partial charge is 0.267 e. The molecule has 1 atom stereocenters. The quantitative estimate of drug-likeness (QED) is 0.555. The highest BCUT2D eigenvalue weighted by atomic mass is 32.2.